The van der Waals surface area contributed by atoms with Crippen molar-refractivity contribution in [2.45, 2.75) is 6.61 Å². The molecule has 0 aliphatic rings. The standard InChI is InChI=1S/C16H10FIN2O3/c17-12-6-4-10(5-7-12)15-19-14(23-20-15)9-22-16(21)11-2-1-3-13(18)8-11/h1-8H,9H2. The first-order valence-corrected chi connectivity index (χ1v) is 7.71. The zero-order valence-corrected chi connectivity index (χ0v) is 13.9. The molecule has 116 valence electrons. The molecule has 0 bridgehead atoms. The van der Waals surface area contributed by atoms with E-state index in [0.29, 0.717) is 17.0 Å². The first-order valence-electron chi connectivity index (χ1n) is 6.63. The fraction of sp³-hybridized carbons (Fsp3) is 0.0625. The predicted octanol–water partition coefficient (Wildman–Crippen LogP) is 3.84. The average molecular weight is 424 g/mol. The zero-order valence-electron chi connectivity index (χ0n) is 11.7. The molecule has 0 spiro atoms. The second-order valence-corrected chi connectivity index (χ2v) is 5.85. The summed E-state index contributed by atoms with van der Waals surface area (Å²) in [4.78, 5) is 16.0. The van der Waals surface area contributed by atoms with Crippen LogP contribution in [0.15, 0.2) is 53.1 Å². The van der Waals surface area contributed by atoms with E-state index >= 15 is 0 Å². The maximum atomic E-state index is 12.9. The van der Waals surface area contributed by atoms with Crippen LogP contribution in [0.4, 0.5) is 4.39 Å². The fourth-order valence-electron chi connectivity index (χ4n) is 1.86. The number of esters is 1. The summed E-state index contributed by atoms with van der Waals surface area (Å²) in [6.07, 6.45) is 0. The second kappa shape index (κ2) is 6.86. The molecule has 1 heterocycles. The number of benzene rings is 2. The molecule has 2 aromatic carbocycles. The van der Waals surface area contributed by atoms with Crippen LogP contribution in [0.5, 0.6) is 0 Å². The Morgan fingerprint density at radius 1 is 1.22 bits per heavy atom. The van der Waals surface area contributed by atoms with Crippen LogP contribution in [0.1, 0.15) is 16.2 Å². The summed E-state index contributed by atoms with van der Waals surface area (Å²) in [7, 11) is 0. The number of aromatic nitrogens is 2. The maximum absolute atomic E-state index is 12.9. The lowest BCUT2D eigenvalue weighted by molar-refractivity contribution is 0.0429. The number of halogens is 2. The van der Waals surface area contributed by atoms with Crippen LogP contribution in [0, 0.1) is 9.39 Å². The summed E-state index contributed by atoms with van der Waals surface area (Å²) < 4.78 is 24.0. The molecule has 0 unspecified atom stereocenters. The monoisotopic (exact) mass is 424 g/mol. The van der Waals surface area contributed by atoms with Crippen LogP contribution in [0.3, 0.4) is 0 Å². The van der Waals surface area contributed by atoms with Crippen LogP contribution in [-0.2, 0) is 11.3 Å². The summed E-state index contributed by atoms with van der Waals surface area (Å²) in [5, 5.41) is 3.78. The first kappa shape index (κ1) is 15.6. The molecule has 0 N–H and O–H groups in total. The van der Waals surface area contributed by atoms with E-state index in [9.17, 15) is 9.18 Å². The van der Waals surface area contributed by atoms with E-state index < -0.39 is 5.97 Å². The highest BCUT2D eigenvalue weighted by atomic mass is 127. The van der Waals surface area contributed by atoms with E-state index in [0.717, 1.165) is 3.57 Å². The van der Waals surface area contributed by atoms with Crippen molar-refractivity contribution in [1.82, 2.24) is 10.1 Å². The molecule has 0 atom stereocenters. The Morgan fingerprint density at radius 3 is 2.74 bits per heavy atom. The van der Waals surface area contributed by atoms with Crippen molar-refractivity contribution < 1.29 is 18.4 Å². The largest absolute Gasteiger partial charge is 0.452 e. The van der Waals surface area contributed by atoms with E-state index in [4.69, 9.17) is 9.26 Å². The molecule has 3 rings (SSSR count). The van der Waals surface area contributed by atoms with Gasteiger partial charge in [0.05, 0.1) is 5.56 Å². The van der Waals surface area contributed by atoms with Crippen molar-refractivity contribution in [3.05, 3.63) is 69.4 Å². The first-order chi connectivity index (χ1) is 11.1. The van der Waals surface area contributed by atoms with Gasteiger partial charge in [-0.1, -0.05) is 11.2 Å². The van der Waals surface area contributed by atoms with Gasteiger partial charge < -0.3 is 9.26 Å². The Labute approximate surface area is 144 Å². The summed E-state index contributed by atoms with van der Waals surface area (Å²) >= 11 is 2.12. The van der Waals surface area contributed by atoms with Crippen molar-refractivity contribution in [2.24, 2.45) is 0 Å². The average Bonchev–Trinajstić information content (AvgIpc) is 3.02. The summed E-state index contributed by atoms with van der Waals surface area (Å²) in [5.41, 5.74) is 1.07. The Balaban J connectivity index is 1.65. The molecule has 0 aliphatic heterocycles. The van der Waals surface area contributed by atoms with Gasteiger partial charge in [0.2, 0.25) is 5.82 Å². The molecule has 0 amide bonds. The second-order valence-electron chi connectivity index (χ2n) is 4.61. The number of ether oxygens (including phenoxy) is 1. The molecule has 0 saturated carbocycles. The molecule has 23 heavy (non-hydrogen) atoms. The molecule has 5 nitrogen and oxygen atoms in total. The molecule has 0 aliphatic carbocycles. The highest BCUT2D eigenvalue weighted by molar-refractivity contribution is 14.1. The van der Waals surface area contributed by atoms with Crippen LogP contribution in [-0.4, -0.2) is 16.1 Å². The van der Waals surface area contributed by atoms with E-state index in [-0.39, 0.29) is 18.3 Å². The zero-order chi connectivity index (χ0) is 16.2. The molecule has 0 saturated heterocycles. The van der Waals surface area contributed by atoms with Gasteiger partial charge in [0.25, 0.3) is 5.89 Å². The third-order valence-corrected chi connectivity index (χ3v) is 3.63. The number of hydrogen-bond donors (Lipinski definition) is 0. The molecule has 7 heteroatoms. The van der Waals surface area contributed by atoms with E-state index in [1.54, 1.807) is 30.3 Å². The van der Waals surface area contributed by atoms with Crippen LogP contribution >= 0.6 is 22.6 Å². The van der Waals surface area contributed by atoms with Crippen molar-refractivity contribution in [2.75, 3.05) is 0 Å². The van der Waals surface area contributed by atoms with Crippen LogP contribution < -0.4 is 0 Å². The number of carbonyl (C=O) groups excluding carboxylic acids is 1. The quantitative estimate of drug-likeness (QED) is 0.471. The Kier molecular flexibility index (Phi) is 4.65. The minimum atomic E-state index is -0.468. The topological polar surface area (TPSA) is 65.2 Å². The van der Waals surface area contributed by atoms with Gasteiger partial charge in [-0.3, -0.25) is 0 Å². The third kappa shape index (κ3) is 3.92. The third-order valence-electron chi connectivity index (χ3n) is 2.96. The van der Waals surface area contributed by atoms with Crippen molar-refractivity contribution in [3.8, 4) is 11.4 Å². The van der Waals surface area contributed by atoms with Gasteiger partial charge in [0, 0.05) is 9.13 Å². The summed E-state index contributed by atoms with van der Waals surface area (Å²) in [5.74, 6) is -0.331. The summed E-state index contributed by atoms with van der Waals surface area (Å²) in [6.45, 7) is -0.126. The lowest BCUT2D eigenvalue weighted by Crippen LogP contribution is -2.05. The van der Waals surface area contributed by atoms with Crippen molar-refractivity contribution in [1.29, 1.82) is 0 Å². The minimum absolute atomic E-state index is 0.126. The maximum Gasteiger partial charge on any atom is 0.338 e. The van der Waals surface area contributed by atoms with Crippen LogP contribution in [0.25, 0.3) is 11.4 Å². The summed E-state index contributed by atoms with van der Waals surface area (Å²) in [6, 6.07) is 12.7. The SMILES string of the molecule is O=C(OCc1nc(-c2ccc(F)cc2)no1)c1cccc(I)c1. The van der Waals surface area contributed by atoms with Gasteiger partial charge in [0.15, 0.2) is 6.61 Å². The lowest BCUT2D eigenvalue weighted by atomic mass is 10.2. The Bertz CT molecular complexity index is 833. The van der Waals surface area contributed by atoms with Gasteiger partial charge in [-0.2, -0.15) is 4.98 Å². The van der Waals surface area contributed by atoms with Gasteiger partial charge in [-0.25, -0.2) is 9.18 Å². The molecule has 0 radical (unpaired) electrons. The number of nitrogens with zero attached hydrogens (tertiary/aromatic N) is 2. The molecule has 3 aromatic rings. The minimum Gasteiger partial charge on any atom is -0.452 e. The normalized spacial score (nSPS) is 10.5. The van der Waals surface area contributed by atoms with Crippen molar-refractivity contribution >= 4 is 28.6 Å². The van der Waals surface area contributed by atoms with Gasteiger partial charge >= 0.3 is 5.97 Å². The Hall–Kier alpha value is -2.29. The highest BCUT2D eigenvalue weighted by Gasteiger charge is 2.12. The Morgan fingerprint density at radius 2 is 2.00 bits per heavy atom. The molecular weight excluding hydrogens is 414 g/mol. The smallest absolute Gasteiger partial charge is 0.338 e. The number of rotatable bonds is 4. The number of hydrogen-bond acceptors (Lipinski definition) is 5. The molecule has 0 fully saturated rings. The highest BCUT2D eigenvalue weighted by Crippen LogP contribution is 2.17. The predicted molar refractivity (Wildman–Crippen MR) is 88.0 cm³/mol. The van der Waals surface area contributed by atoms with E-state index in [1.807, 2.05) is 6.07 Å². The van der Waals surface area contributed by atoms with Gasteiger partial charge in [-0.05, 0) is 65.1 Å². The van der Waals surface area contributed by atoms with E-state index in [2.05, 4.69) is 32.7 Å². The van der Waals surface area contributed by atoms with E-state index in [1.165, 1.54) is 12.1 Å². The van der Waals surface area contributed by atoms with Crippen molar-refractivity contribution in [3.63, 3.8) is 0 Å². The van der Waals surface area contributed by atoms with Crippen LogP contribution in [0.2, 0.25) is 0 Å². The molecular formula is C16H10FIN2O3. The molecule has 1 aromatic heterocycles. The lowest BCUT2D eigenvalue weighted by Gasteiger charge is -2.02. The van der Waals surface area contributed by atoms with Gasteiger partial charge in [0.1, 0.15) is 5.82 Å². The number of carbonyl (C=O) groups is 1. The fourth-order valence-corrected chi connectivity index (χ4v) is 2.40. The van der Waals surface area contributed by atoms with Gasteiger partial charge in [-0.15, -0.1) is 0 Å².